The van der Waals surface area contributed by atoms with E-state index in [-0.39, 0.29) is 5.02 Å². The SMILES string of the molecule is Cn1ncc(Cl)c1S(=O)(=O)N(CC(N)=O)CC(=O)O. The summed E-state index contributed by atoms with van der Waals surface area (Å²) in [5.41, 5.74) is 4.90. The van der Waals surface area contributed by atoms with Crippen molar-refractivity contribution in [1.29, 1.82) is 0 Å². The molecule has 0 bridgehead atoms. The highest BCUT2D eigenvalue weighted by Gasteiger charge is 2.32. The summed E-state index contributed by atoms with van der Waals surface area (Å²) in [6, 6.07) is 0. The van der Waals surface area contributed by atoms with Crippen molar-refractivity contribution in [2.45, 2.75) is 5.03 Å². The lowest BCUT2D eigenvalue weighted by Crippen LogP contribution is -2.42. The fourth-order valence-electron chi connectivity index (χ4n) is 1.36. The predicted molar refractivity (Wildman–Crippen MR) is 63.8 cm³/mol. The Labute approximate surface area is 113 Å². The van der Waals surface area contributed by atoms with Gasteiger partial charge in [0.05, 0.1) is 17.8 Å². The standard InChI is InChI=1S/C8H11ClN4O5S/c1-12-8(5(9)2-11-12)19(17,18)13(3-6(10)14)4-7(15)16/h2H,3-4H2,1H3,(H2,10,14)(H,15,16). The van der Waals surface area contributed by atoms with Gasteiger partial charge in [-0.2, -0.15) is 9.40 Å². The van der Waals surface area contributed by atoms with Crippen LogP contribution in [0.5, 0.6) is 0 Å². The first-order valence-corrected chi connectivity index (χ1v) is 6.65. The highest BCUT2D eigenvalue weighted by molar-refractivity contribution is 7.89. The molecule has 19 heavy (non-hydrogen) atoms. The van der Waals surface area contributed by atoms with E-state index in [0.29, 0.717) is 4.31 Å². The molecule has 1 heterocycles. The molecule has 0 atom stereocenters. The molecule has 0 aliphatic carbocycles. The van der Waals surface area contributed by atoms with Gasteiger partial charge in [-0.25, -0.2) is 8.42 Å². The number of carbonyl (C=O) groups is 2. The van der Waals surface area contributed by atoms with E-state index < -0.39 is 40.0 Å². The molecule has 0 unspecified atom stereocenters. The molecule has 0 radical (unpaired) electrons. The van der Waals surface area contributed by atoms with Gasteiger partial charge in [-0.15, -0.1) is 0 Å². The van der Waals surface area contributed by atoms with Crippen molar-refractivity contribution in [3.8, 4) is 0 Å². The third-order valence-corrected chi connectivity index (χ3v) is 4.37. The van der Waals surface area contributed by atoms with Crippen LogP contribution in [0, 0.1) is 0 Å². The Morgan fingerprint density at radius 2 is 2.11 bits per heavy atom. The van der Waals surface area contributed by atoms with Gasteiger partial charge in [0.1, 0.15) is 6.54 Å². The maximum atomic E-state index is 12.2. The van der Waals surface area contributed by atoms with Crippen LogP contribution < -0.4 is 5.73 Å². The van der Waals surface area contributed by atoms with Crippen molar-refractivity contribution in [3.63, 3.8) is 0 Å². The van der Waals surface area contributed by atoms with Crippen LogP contribution in [0.3, 0.4) is 0 Å². The summed E-state index contributed by atoms with van der Waals surface area (Å²) in [7, 11) is -2.97. The number of primary amides is 1. The third-order valence-electron chi connectivity index (χ3n) is 2.07. The minimum atomic E-state index is -4.29. The molecular formula is C8H11ClN4O5S. The van der Waals surface area contributed by atoms with Gasteiger partial charge in [0, 0.05) is 7.05 Å². The monoisotopic (exact) mass is 310 g/mol. The van der Waals surface area contributed by atoms with E-state index in [1.165, 1.54) is 7.05 Å². The van der Waals surface area contributed by atoms with E-state index in [2.05, 4.69) is 5.10 Å². The molecule has 106 valence electrons. The van der Waals surface area contributed by atoms with Crippen LogP contribution >= 0.6 is 11.6 Å². The van der Waals surface area contributed by atoms with Crippen LogP contribution in [-0.4, -0.2) is 52.6 Å². The van der Waals surface area contributed by atoms with Crippen molar-refractivity contribution < 1.29 is 23.1 Å². The fourth-order valence-corrected chi connectivity index (χ4v) is 3.32. The van der Waals surface area contributed by atoms with E-state index in [4.69, 9.17) is 22.4 Å². The molecule has 0 saturated carbocycles. The smallest absolute Gasteiger partial charge is 0.318 e. The van der Waals surface area contributed by atoms with Crippen molar-refractivity contribution in [1.82, 2.24) is 14.1 Å². The van der Waals surface area contributed by atoms with Gasteiger partial charge < -0.3 is 10.8 Å². The number of halogens is 1. The second-order valence-corrected chi connectivity index (χ2v) is 5.81. The van der Waals surface area contributed by atoms with Crippen LogP contribution in [-0.2, 0) is 26.7 Å². The molecule has 0 spiro atoms. The number of carbonyl (C=O) groups excluding carboxylic acids is 1. The first kappa shape index (κ1) is 15.4. The molecule has 1 aromatic rings. The zero-order valence-electron chi connectivity index (χ0n) is 9.78. The fraction of sp³-hybridized carbons (Fsp3) is 0.375. The van der Waals surface area contributed by atoms with Gasteiger partial charge in [0.2, 0.25) is 5.91 Å². The highest BCUT2D eigenvalue weighted by Crippen LogP contribution is 2.23. The maximum Gasteiger partial charge on any atom is 0.318 e. The number of aromatic nitrogens is 2. The number of nitrogens with zero attached hydrogens (tertiary/aromatic N) is 3. The number of carboxylic acid groups (broad SMARTS) is 1. The number of rotatable bonds is 6. The summed E-state index contributed by atoms with van der Waals surface area (Å²) in [6.07, 6.45) is 1.09. The number of nitrogens with two attached hydrogens (primary N) is 1. The van der Waals surface area contributed by atoms with Crippen LogP contribution in [0.1, 0.15) is 0 Å². The Morgan fingerprint density at radius 1 is 1.53 bits per heavy atom. The topological polar surface area (TPSA) is 136 Å². The molecule has 1 aromatic heterocycles. The average molecular weight is 311 g/mol. The molecule has 9 nitrogen and oxygen atoms in total. The van der Waals surface area contributed by atoms with Crippen molar-refractivity contribution >= 4 is 33.5 Å². The summed E-state index contributed by atoms with van der Waals surface area (Å²) in [4.78, 5) is 21.5. The Bertz CT molecular complexity index is 575. The van der Waals surface area contributed by atoms with E-state index in [9.17, 15) is 18.0 Å². The molecular weight excluding hydrogens is 300 g/mol. The number of amides is 1. The van der Waals surface area contributed by atoms with Gasteiger partial charge in [0.25, 0.3) is 10.0 Å². The first-order valence-electron chi connectivity index (χ1n) is 4.84. The molecule has 0 fully saturated rings. The van der Waals surface area contributed by atoms with Crippen molar-refractivity contribution in [2.75, 3.05) is 13.1 Å². The Hall–Kier alpha value is -1.65. The second kappa shape index (κ2) is 5.55. The van der Waals surface area contributed by atoms with E-state index >= 15 is 0 Å². The summed E-state index contributed by atoms with van der Waals surface area (Å²) in [5.74, 6) is -2.41. The van der Waals surface area contributed by atoms with Crippen LogP contribution in [0.2, 0.25) is 5.02 Å². The number of aryl methyl sites for hydroxylation is 1. The lowest BCUT2D eigenvalue weighted by molar-refractivity contribution is -0.137. The van der Waals surface area contributed by atoms with Crippen molar-refractivity contribution in [3.05, 3.63) is 11.2 Å². The van der Waals surface area contributed by atoms with Gasteiger partial charge >= 0.3 is 5.97 Å². The van der Waals surface area contributed by atoms with Crippen LogP contribution in [0.4, 0.5) is 0 Å². The van der Waals surface area contributed by atoms with E-state index in [1.54, 1.807) is 0 Å². The van der Waals surface area contributed by atoms with Gasteiger partial charge in [-0.05, 0) is 0 Å². The Kier molecular flexibility index (Phi) is 4.50. The van der Waals surface area contributed by atoms with Crippen LogP contribution in [0.15, 0.2) is 11.2 Å². The highest BCUT2D eigenvalue weighted by atomic mass is 35.5. The number of sulfonamides is 1. The molecule has 1 rings (SSSR count). The Morgan fingerprint density at radius 3 is 2.47 bits per heavy atom. The molecule has 11 heteroatoms. The molecule has 1 amide bonds. The first-order chi connectivity index (χ1) is 8.66. The summed E-state index contributed by atoms with van der Waals surface area (Å²) >= 11 is 5.69. The van der Waals surface area contributed by atoms with Crippen molar-refractivity contribution in [2.24, 2.45) is 12.8 Å². The minimum absolute atomic E-state index is 0.178. The number of aliphatic carboxylic acids is 1. The summed E-state index contributed by atoms with van der Waals surface area (Å²) < 4.78 is 25.8. The second-order valence-electron chi connectivity index (χ2n) is 3.55. The maximum absolute atomic E-state index is 12.2. The normalized spacial score (nSPS) is 11.7. The minimum Gasteiger partial charge on any atom is -0.480 e. The quantitative estimate of drug-likeness (QED) is 0.665. The third kappa shape index (κ3) is 3.43. The van der Waals surface area contributed by atoms with E-state index in [0.717, 1.165) is 10.9 Å². The van der Waals surface area contributed by atoms with Gasteiger partial charge in [0.15, 0.2) is 5.03 Å². The molecule has 0 aromatic carbocycles. The largest absolute Gasteiger partial charge is 0.480 e. The number of carboxylic acids is 1. The van der Waals surface area contributed by atoms with Gasteiger partial charge in [-0.1, -0.05) is 11.6 Å². The zero-order chi connectivity index (χ0) is 14.8. The predicted octanol–water partition coefficient (Wildman–Crippen LogP) is -1.37. The number of hydrogen-bond donors (Lipinski definition) is 2. The summed E-state index contributed by atoms with van der Waals surface area (Å²) in [5, 5.41) is 11.7. The van der Waals surface area contributed by atoms with Crippen LogP contribution in [0.25, 0.3) is 0 Å². The lowest BCUT2D eigenvalue weighted by Gasteiger charge is -2.18. The average Bonchev–Trinajstić information content (AvgIpc) is 2.56. The number of hydrogen-bond acceptors (Lipinski definition) is 5. The molecule has 3 N–H and O–H groups in total. The summed E-state index contributed by atoms with van der Waals surface area (Å²) in [6.45, 7) is -1.68. The van der Waals surface area contributed by atoms with E-state index in [1.807, 2.05) is 0 Å². The molecule has 0 aliphatic heterocycles. The lowest BCUT2D eigenvalue weighted by atomic mass is 10.5. The molecule has 0 saturated heterocycles. The van der Waals surface area contributed by atoms with Gasteiger partial charge in [-0.3, -0.25) is 14.3 Å². The Balaban J connectivity index is 3.27. The zero-order valence-corrected chi connectivity index (χ0v) is 11.3. The molecule has 0 aliphatic rings.